The lowest BCUT2D eigenvalue weighted by molar-refractivity contribution is 0.0940. The molecule has 128 valence electrons. The summed E-state index contributed by atoms with van der Waals surface area (Å²) >= 11 is 0. The zero-order chi connectivity index (χ0) is 17.8. The molecule has 4 nitrogen and oxygen atoms in total. The molecule has 4 heteroatoms. The van der Waals surface area contributed by atoms with E-state index in [-0.39, 0.29) is 5.91 Å². The number of aromatic nitrogens is 2. The SMILES string of the molecule is Cc1cccc(Cn2c(C)cc(C)c2C(=O)NCc2ccccn2)c1. The van der Waals surface area contributed by atoms with E-state index in [4.69, 9.17) is 0 Å². The summed E-state index contributed by atoms with van der Waals surface area (Å²) in [6, 6.07) is 16.1. The van der Waals surface area contributed by atoms with Crippen molar-refractivity contribution in [1.29, 1.82) is 0 Å². The van der Waals surface area contributed by atoms with Crippen LogP contribution in [-0.2, 0) is 13.1 Å². The van der Waals surface area contributed by atoms with Crippen LogP contribution in [-0.4, -0.2) is 15.5 Å². The molecule has 0 saturated carbocycles. The summed E-state index contributed by atoms with van der Waals surface area (Å²) in [5, 5.41) is 2.98. The Labute approximate surface area is 148 Å². The van der Waals surface area contributed by atoms with Crippen molar-refractivity contribution in [2.75, 3.05) is 0 Å². The molecule has 3 rings (SSSR count). The first kappa shape index (κ1) is 17.0. The molecular formula is C21H23N3O. The molecule has 0 aliphatic carbocycles. The van der Waals surface area contributed by atoms with Gasteiger partial charge in [0, 0.05) is 18.4 Å². The summed E-state index contributed by atoms with van der Waals surface area (Å²) in [5.74, 6) is -0.0658. The Morgan fingerprint density at radius 3 is 2.64 bits per heavy atom. The van der Waals surface area contributed by atoms with Gasteiger partial charge in [-0.2, -0.15) is 0 Å². The van der Waals surface area contributed by atoms with E-state index in [9.17, 15) is 4.79 Å². The van der Waals surface area contributed by atoms with E-state index in [1.807, 2.05) is 32.0 Å². The van der Waals surface area contributed by atoms with Gasteiger partial charge in [-0.25, -0.2) is 0 Å². The van der Waals surface area contributed by atoms with Gasteiger partial charge in [0.2, 0.25) is 0 Å². The number of aryl methyl sites for hydroxylation is 3. The zero-order valence-electron chi connectivity index (χ0n) is 14.9. The molecule has 0 aliphatic rings. The van der Waals surface area contributed by atoms with Gasteiger partial charge in [-0.05, 0) is 50.1 Å². The Balaban J connectivity index is 1.82. The fourth-order valence-electron chi connectivity index (χ4n) is 3.10. The average molecular weight is 333 g/mol. The third-order valence-electron chi connectivity index (χ3n) is 4.29. The van der Waals surface area contributed by atoms with E-state index in [0.29, 0.717) is 13.1 Å². The van der Waals surface area contributed by atoms with Crippen LogP contribution in [0.4, 0.5) is 0 Å². The topological polar surface area (TPSA) is 46.9 Å². The lowest BCUT2D eigenvalue weighted by Crippen LogP contribution is -2.27. The van der Waals surface area contributed by atoms with Crippen LogP contribution in [0.5, 0.6) is 0 Å². The Bertz CT molecular complexity index is 881. The molecule has 0 radical (unpaired) electrons. The van der Waals surface area contributed by atoms with E-state index in [1.165, 1.54) is 11.1 Å². The summed E-state index contributed by atoms with van der Waals surface area (Å²) in [5.41, 5.74) is 6.06. The van der Waals surface area contributed by atoms with Crippen molar-refractivity contribution in [1.82, 2.24) is 14.9 Å². The first-order chi connectivity index (χ1) is 12.0. The highest BCUT2D eigenvalue weighted by Crippen LogP contribution is 2.18. The largest absolute Gasteiger partial charge is 0.345 e. The molecule has 0 aliphatic heterocycles. The average Bonchev–Trinajstić information content (AvgIpc) is 2.87. The minimum absolute atomic E-state index is 0.0658. The van der Waals surface area contributed by atoms with E-state index in [2.05, 4.69) is 52.1 Å². The minimum atomic E-state index is -0.0658. The van der Waals surface area contributed by atoms with Gasteiger partial charge >= 0.3 is 0 Å². The lowest BCUT2D eigenvalue weighted by atomic mass is 10.1. The molecule has 2 aromatic heterocycles. The molecule has 1 amide bonds. The maximum absolute atomic E-state index is 12.8. The van der Waals surface area contributed by atoms with Crippen LogP contribution in [0.1, 0.15) is 38.6 Å². The molecule has 0 unspecified atom stereocenters. The van der Waals surface area contributed by atoms with Gasteiger partial charge in [0.1, 0.15) is 5.69 Å². The Hall–Kier alpha value is -2.88. The predicted molar refractivity (Wildman–Crippen MR) is 99.6 cm³/mol. The van der Waals surface area contributed by atoms with Crippen LogP contribution in [0.2, 0.25) is 0 Å². The van der Waals surface area contributed by atoms with Crippen LogP contribution >= 0.6 is 0 Å². The number of amides is 1. The van der Waals surface area contributed by atoms with E-state index >= 15 is 0 Å². The highest BCUT2D eigenvalue weighted by atomic mass is 16.1. The fourth-order valence-corrected chi connectivity index (χ4v) is 3.10. The first-order valence-electron chi connectivity index (χ1n) is 8.45. The number of rotatable bonds is 5. The molecular weight excluding hydrogens is 310 g/mol. The van der Waals surface area contributed by atoms with Crippen molar-refractivity contribution in [2.24, 2.45) is 0 Å². The van der Waals surface area contributed by atoms with E-state index < -0.39 is 0 Å². The zero-order valence-corrected chi connectivity index (χ0v) is 14.9. The van der Waals surface area contributed by atoms with Crippen molar-refractivity contribution >= 4 is 5.91 Å². The number of hydrogen-bond donors (Lipinski definition) is 1. The van der Waals surface area contributed by atoms with Gasteiger partial charge in [-0.15, -0.1) is 0 Å². The molecule has 0 spiro atoms. The number of pyridine rings is 1. The Morgan fingerprint density at radius 2 is 1.92 bits per heavy atom. The summed E-state index contributed by atoms with van der Waals surface area (Å²) in [6.45, 7) is 7.22. The summed E-state index contributed by atoms with van der Waals surface area (Å²) in [7, 11) is 0. The van der Waals surface area contributed by atoms with Gasteiger partial charge in [0.05, 0.1) is 12.2 Å². The van der Waals surface area contributed by atoms with Crippen LogP contribution in [0, 0.1) is 20.8 Å². The number of nitrogens with zero attached hydrogens (tertiary/aromatic N) is 2. The number of nitrogens with one attached hydrogen (secondary N) is 1. The van der Waals surface area contributed by atoms with Crippen LogP contribution in [0.3, 0.4) is 0 Å². The number of carbonyl (C=O) groups excluding carboxylic acids is 1. The smallest absolute Gasteiger partial charge is 0.268 e. The second-order valence-corrected chi connectivity index (χ2v) is 6.40. The van der Waals surface area contributed by atoms with Crippen LogP contribution in [0.25, 0.3) is 0 Å². The van der Waals surface area contributed by atoms with Gasteiger partial charge in [0.15, 0.2) is 0 Å². The predicted octanol–water partition coefficient (Wildman–Crippen LogP) is 3.79. The van der Waals surface area contributed by atoms with Gasteiger partial charge in [0.25, 0.3) is 5.91 Å². The molecule has 25 heavy (non-hydrogen) atoms. The Morgan fingerprint density at radius 1 is 1.08 bits per heavy atom. The fraction of sp³-hybridized carbons (Fsp3) is 0.238. The van der Waals surface area contributed by atoms with Crippen molar-refractivity contribution < 1.29 is 4.79 Å². The van der Waals surface area contributed by atoms with Gasteiger partial charge in [-0.1, -0.05) is 35.9 Å². The molecule has 1 aromatic carbocycles. The second kappa shape index (κ2) is 7.34. The van der Waals surface area contributed by atoms with Crippen molar-refractivity contribution in [2.45, 2.75) is 33.9 Å². The molecule has 0 bridgehead atoms. The third kappa shape index (κ3) is 3.97. The standard InChI is InChI=1S/C21H23N3O/c1-15-7-6-8-18(11-15)14-24-17(3)12-16(2)20(24)21(25)23-13-19-9-4-5-10-22-19/h4-12H,13-14H2,1-3H3,(H,23,25). The van der Waals surface area contributed by atoms with E-state index in [1.54, 1.807) is 6.20 Å². The highest BCUT2D eigenvalue weighted by Gasteiger charge is 2.17. The summed E-state index contributed by atoms with van der Waals surface area (Å²) in [6.07, 6.45) is 1.73. The molecule has 2 heterocycles. The molecule has 0 atom stereocenters. The Kier molecular flexibility index (Phi) is 4.98. The summed E-state index contributed by atoms with van der Waals surface area (Å²) < 4.78 is 2.08. The normalized spacial score (nSPS) is 10.7. The van der Waals surface area contributed by atoms with Crippen molar-refractivity contribution in [3.8, 4) is 0 Å². The molecule has 1 N–H and O–H groups in total. The van der Waals surface area contributed by atoms with Crippen LogP contribution < -0.4 is 5.32 Å². The quantitative estimate of drug-likeness (QED) is 0.772. The maximum Gasteiger partial charge on any atom is 0.268 e. The van der Waals surface area contributed by atoms with Crippen molar-refractivity contribution in [3.63, 3.8) is 0 Å². The van der Waals surface area contributed by atoms with E-state index in [0.717, 1.165) is 22.6 Å². The highest BCUT2D eigenvalue weighted by molar-refractivity contribution is 5.94. The van der Waals surface area contributed by atoms with Gasteiger partial charge < -0.3 is 9.88 Å². The number of benzene rings is 1. The molecule has 0 fully saturated rings. The summed E-state index contributed by atoms with van der Waals surface area (Å²) in [4.78, 5) is 17.0. The lowest BCUT2D eigenvalue weighted by Gasteiger charge is -2.13. The third-order valence-corrected chi connectivity index (χ3v) is 4.29. The van der Waals surface area contributed by atoms with Crippen molar-refractivity contribution in [3.05, 3.63) is 88.5 Å². The number of hydrogen-bond acceptors (Lipinski definition) is 2. The van der Waals surface area contributed by atoms with Crippen LogP contribution in [0.15, 0.2) is 54.7 Å². The monoisotopic (exact) mass is 333 g/mol. The second-order valence-electron chi connectivity index (χ2n) is 6.40. The first-order valence-corrected chi connectivity index (χ1v) is 8.45. The molecule has 0 saturated heterocycles. The maximum atomic E-state index is 12.8. The van der Waals surface area contributed by atoms with Gasteiger partial charge in [-0.3, -0.25) is 9.78 Å². The molecule has 3 aromatic rings. The number of carbonyl (C=O) groups is 1. The minimum Gasteiger partial charge on any atom is -0.345 e.